The first-order valence-electron chi connectivity index (χ1n) is 10.5. The van der Waals surface area contributed by atoms with E-state index >= 15 is 0 Å². The Bertz CT molecular complexity index is 978. The van der Waals surface area contributed by atoms with Gasteiger partial charge < -0.3 is 4.90 Å². The van der Waals surface area contributed by atoms with E-state index < -0.39 is 0 Å². The summed E-state index contributed by atoms with van der Waals surface area (Å²) in [6.07, 6.45) is 4.81. The molecule has 1 aliphatic rings. The largest absolute Gasteiger partial charge is 0.368 e. The number of hydrogen-bond donors (Lipinski definition) is 3. The number of nitrogens with one attached hydrogen (secondary N) is 2. The van der Waals surface area contributed by atoms with Crippen LogP contribution in [0, 0.1) is 5.41 Å². The van der Waals surface area contributed by atoms with Gasteiger partial charge in [0.15, 0.2) is 0 Å². The fourth-order valence-electron chi connectivity index (χ4n) is 4.82. The fraction of sp³-hybridized carbons (Fsp3) is 0.320. The molecule has 0 spiro atoms. The van der Waals surface area contributed by atoms with Crippen LogP contribution in [0.3, 0.4) is 0 Å². The predicted molar refractivity (Wildman–Crippen MR) is 120 cm³/mol. The van der Waals surface area contributed by atoms with Crippen LogP contribution in [0.15, 0.2) is 66.7 Å². The molecule has 3 N–H and O–H groups in total. The summed E-state index contributed by atoms with van der Waals surface area (Å²) < 4.78 is 0. The number of amidine groups is 1. The van der Waals surface area contributed by atoms with E-state index in [2.05, 4.69) is 66.4 Å². The number of rotatable bonds is 5. The number of nitrogens with zero attached hydrogens (tertiary/aromatic N) is 1. The molecule has 1 aliphatic carbocycles. The highest BCUT2D eigenvalue weighted by atomic mass is 16.5. The van der Waals surface area contributed by atoms with Gasteiger partial charge in [0, 0.05) is 29.2 Å². The number of anilines is 1. The Morgan fingerprint density at radius 2 is 1.79 bits per heavy atom. The van der Waals surface area contributed by atoms with Crippen LogP contribution < -0.4 is 10.4 Å². The van der Waals surface area contributed by atoms with Gasteiger partial charge in [-0.25, -0.2) is 0 Å². The Morgan fingerprint density at radius 1 is 1.03 bits per heavy atom. The Morgan fingerprint density at radius 3 is 2.55 bits per heavy atom. The summed E-state index contributed by atoms with van der Waals surface area (Å²) in [7, 11) is 0. The summed E-state index contributed by atoms with van der Waals surface area (Å²) in [5.41, 5.74) is 5.30. The van der Waals surface area contributed by atoms with Crippen molar-refractivity contribution in [2.24, 2.45) is 0 Å². The van der Waals surface area contributed by atoms with Crippen LogP contribution in [-0.4, -0.2) is 23.6 Å². The molecule has 1 fully saturated rings. The van der Waals surface area contributed by atoms with Gasteiger partial charge in [0.25, 0.3) is 0 Å². The zero-order chi connectivity index (χ0) is 20.2. The third-order valence-electron chi connectivity index (χ3n) is 6.29. The lowest BCUT2D eigenvalue weighted by Gasteiger charge is -2.39. The van der Waals surface area contributed by atoms with Gasteiger partial charge in [-0.1, -0.05) is 67.1 Å². The van der Waals surface area contributed by atoms with Gasteiger partial charge in [-0.3, -0.25) is 16.1 Å². The minimum Gasteiger partial charge on any atom is -0.368 e. The van der Waals surface area contributed by atoms with Crippen LogP contribution in [0.5, 0.6) is 0 Å². The molecule has 0 aliphatic heterocycles. The van der Waals surface area contributed by atoms with Crippen molar-refractivity contribution in [1.29, 1.82) is 5.41 Å². The summed E-state index contributed by atoms with van der Waals surface area (Å²) in [6, 6.07) is 23.9. The van der Waals surface area contributed by atoms with Crippen LogP contribution >= 0.6 is 0 Å². The maximum absolute atomic E-state index is 8.93. The standard InChI is InChI=1S/C25H29N3O/c1-2-28(24-12-6-8-19-7-3-4-11-23(19)24)22-10-5-9-21(17-22)18-13-15-20(16-14-18)25(26)27-29/h3-4,6-8,11-16,21-22,29H,2,5,9-10,17H2,1H3,(H2,26,27). The molecule has 2 unspecified atom stereocenters. The smallest absolute Gasteiger partial charge is 0.149 e. The van der Waals surface area contributed by atoms with Gasteiger partial charge >= 0.3 is 0 Å². The summed E-state index contributed by atoms with van der Waals surface area (Å²) >= 11 is 0. The van der Waals surface area contributed by atoms with E-state index in [1.165, 1.54) is 41.3 Å². The summed E-state index contributed by atoms with van der Waals surface area (Å²) in [6.45, 7) is 3.26. The molecule has 3 aromatic carbocycles. The van der Waals surface area contributed by atoms with Crippen LogP contribution in [0.1, 0.15) is 49.7 Å². The second kappa shape index (κ2) is 8.66. The molecule has 4 heteroatoms. The highest BCUT2D eigenvalue weighted by Gasteiger charge is 2.28. The molecule has 29 heavy (non-hydrogen) atoms. The zero-order valence-electron chi connectivity index (χ0n) is 16.9. The quantitative estimate of drug-likeness (QED) is 0.299. The van der Waals surface area contributed by atoms with E-state index in [0.717, 1.165) is 13.0 Å². The molecule has 2 atom stereocenters. The normalized spacial score (nSPS) is 19.1. The monoisotopic (exact) mass is 387 g/mol. The van der Waals surface area contributed by atoms with Crippen LogP contribution in [0.2, 0.25) is 0 Å². The Balaban J connectivity index is 1.57. The van der Waals surface area contributed by atoms with Crippen molar-refractivity contribution in [2.75, 3.05) is 11.4 Å². The molecule has 3 aromatic rings. The Hall–Kier alpha value is -2.85. The Kier molecular flexibility index (Phi) is 5.81. The summed E-state index contributed by atoms with van der Waals surface area (Å²) in [4.78, 5) is 2.59. The van der Waals surface area contributed by atoms with Gasteiger partial charge in [-0.15, -0.1) is 0 Å². The minimum atomic E-state index is 0.0335. The van der Waals surface area contributed by atoms with Gasteiger partial charge in [-0.05, 0) is 49.1 Å². The molecular formula is C25H29N3O. The van der Waals surface area contributed by atoms with Crippen LogP contribution in [-0.2, 0) is 0 Å². The molecule has 0 bridgehead atoms. The van der Waals surface area contributed by atoms with Crippen molar-refractivity contribution in [3.05, 3.63) is 77.9 Å². The Labute approximate surface area is 172 Å². The molecule has 0 radical (unpaired) electrons. The highest BCUT2D eigenvalue weighted by molar-refractivity contribution is 5.95. The first-order valence-corrected chi connectivity index (χ1v) is 10.5. The van der Waals surface area contributed by atoms with E-state index in [9.17, 15) is 0 Å². The van der Waals surface area contributed by atoms with Gasteiger partial charge in [0.05, 0.1) is 0 Å². The average molecular weight is 388 g/mol. The molecule has 0 heterocycles. The summed E-state index contributed by atoms with van der Waals surface area (Å²) in [5, 5.41) is 19.3. The van der Waals surface area contributed by atoms with Crippen molar-refractivity contribution >= 4 is 22.3 Å². The predicted octanol–water partition coefficient (Wildman–Crippen LogP) is 5.70. The molecule has 1 saturated carbocycles. The van der Waals surface area contributed by atoms with E-state index in [1.54, 1.807) is 0 Å². The molecule has 0 amide bonds. The third kappa shape index (κ3) is 3.99. The van der Waals surface area contributed by atoms with E-state index in [0.29, 0.717) is 17.5 Å². The highest BCUT2D eigenvalue weighted by Crippen LogP contribution is 2.38. The third-order valence-corrected chi connectivity index (χ3v) is 6.29. The summed E-state index contributed by atoms with van der Waals surface area (Å²) in [5.74, 6) is 0.564. The molecule has 150 valence electrons. The van der Waals surface area contributed by atoms with Crippen molar-refractivity contribution in [3.8, 4) is 0 Å². The fourth-order valence-corrected chi connectivity index (χ4v) is 4.82. The first kappa shape index (κ1) is 19.5. The maximum Gasteiger partial charge on any atom is 0.149 e. The van der Waals surface area contributed by atoms with Gasteiger partial charge in [0.2, 0.25) is 0 Å². The lowest BCUT2D eigenvalue weighted by Crippen LogP contribution is -2.38. The lowest BCUT2D eigenvalue weighted by molar-refractivity contribution is 0.234. The number of fused-ring (bicyclic) bond motifs is 1. The SMILES string of the molecule is CCN(c1cccc2ccccc12)C1CCCC(c2ccc(C(=N)NO)cc2)C1. The van der Waals surface area contributed by atoms with Crippen molar-refractivity contribution in [3.63, 3.8) is 0 Å². The molecule has 4 nitrogen and oxygen atoms in total. The van der Waals surface area contributed by atoms with Gasteiger partial charge in [0.1, 0.15) is 5.84 Å². The van der Waals surface area contributed by atoms with Crippen molar-refractivity contribution < 1.29 is 5.21 Å². The van der Waals surface area contributed by atoms with E-state index in [4.69, 9.17) is 10.6 Å². The molecule has 0 aromatic heterocycles. The first-order chi connectivity index (χ1) is 14.2. The lowest BCUT2D eigenvalue weighted by atomic mass is 9.80. The molecule has 0 saturated heterocycles. The zero-order valence-corrected chi connectivity index (χ0v) is 16.9. The number of hydroxylamine groups is 1. The number of benzene rings is 3. The minimum absolute atomic E-state index is 0.0335. The topological polar surface area (TPSA) is 59.4 Å². The second-order valence-electron chi connectivity index (χ2n) is 7.91. The van der Waals surface area contributed by atoms with Crippen molar-refractivity contribution in [1.82, 2.24) is 5.48 Å². The van der Waals surface area contributed by atoms with Crippen LogP contribution in [0.25, 0.3) is 10.8 Å². The number of hydrogen-bond acceptors (Lipinski definition) is 3. The average Bonchev–Trinajstić information content (AvgIpc) is 2.79. The van der Waals surface area contributed by atoms with E-state index in [1.807, 2.05) is 17.6 Å². The van der Waals surface area contributed by atoms with Crippen LogP contribution in [0.4, 0.5) is 5.69 Å². The second-order valence-corrected chi connectivity index (χ2v) is 7.91. The van der Waals surface area contributed by atoms with E-state index in [-0.39, 0.29) is 5.84 Å². The molecule has 4 rings (SSSR count). The van der Waals surface area contributed by atoms with Gasteiger partial charge in [-0.2, -0.15) is 0 Å². The molecular weight excluding hydrogens is 358 g/mol. The van der Waals surface area contributed by atoms with Crippen molar-refractivity contribution in [2.45, 2.75) is 44.6 Å². The maximum atomic E-state index is 8.93.